The summed E-state index contributed by atoms with van der Waals surface area (Å²) in [6.45, 7) is 7.70. The molecule has 2 atom stereocenters. The predicted molar refractivity (Wildman–Crippen MR) is 91.7 cm³/mol. The molecular formula is C20H24IO2-. The van der Waals surface area contributed by atoms with Gasteiger partial charge in [-0.3, -0.25) is 0 Å². The van der Waals surface area contributed by atoms with E-state index in [1.54, 1.807) is 6.08 Å². The molecule has 2 nitrogen and oxygen atoms in total. The van der Waals surface area contributed by atoms with Crippen LogP contribution < -0.4 is 21.2 Å². The van der Waals surface area contributed by atoms with Crippen molar-refractivity contribution >= 4 is 10.1 Å². The van der Waals surface area contributed by atoms with Crippen LogP contribution in [-0.2, 0) is 9.59 Å². The molecule has 1 aromatic rings. The van der Waals surface area contributed by atoms with E-state index in [4.69, 9.17) is 0 Å². The molecule has 0 aliphatic rings. The Morgan fingerprint density at radius 2 is 2.00 bits per heavy atom. The van der Waals surface area contributed by atoms with Crippen LogP contribution in [0.5, 0.6) is 0 Å². The number of halogens is 1. The Labute approximate surface area is 149 Å². The third kappa shape index (κ3) is 6.65. The summed E-state index contributed by atoms with van der Waals surface area (Å²) in [7, 11) is 0. The summed E-state index contributed by atoms with van der Waals surface area (Å²) in [5, 5.41) is 0. The summed E-state index contributed by atoms with van der Waals surface area (Å²) >= 11 is -0.728. The van der Waals surface area contributed by atoms with Gasteiger partial charge in [0.15, 0.2) is 0 Å². The fourth-order valence-electron chi connectivity index (χ4n) is 2.14. The number of benzene rings is 1. The molecule has 1 rings (SSSR count). The zero-order chi connectivity index (χ0) is 17.1. The van der Waals surface area contributed by atoms with Crippen molar-refractivity contribution in [3.63, 3.8) is 0 Å². The first-order chi connectivity index (χ1) is 11.1. The van der Waals surface area contributed by atoms with Gasteiger partial charge in [-0.2, -0.15) is 0 Å². The average Bonchev–Trinajstić information content (AvgIpc) is 2.58. The summed E-state index contributed by atoms with van der Waals surface area (Å²) < 4.78 is 0.425. The maximum atomic E-state index is 12.6. The molecule has 1 aromatic carbocycles. The number of rotatable bonds is 10. The van der Waals surface area contributed by atoms with Crippen LogP contribution in [0.3, 0.4) is 0 Å². The van der Waals surface area contributed by atoms with E-state index in [9.17, 15) is 9.59 Å². The molecular weight excluding hydrogens is 399 g/mol. The number of allylic oxidation sites excluding steroid dienone is 5. The van der Waals surface area contributed by atoms with Gasteiger partial charge >= 0.3 is 150 Å². The zero-order valence-corrected chi connectivity index (χ0v) is 15.9. The van der Waals surface area contributed by atoms with Crippen molar-refractivity contribution in [1.29, 1.82) is 0 Å². The Balaban J connectivity index is 3.05. The van der Waals surface area contributed by atoms with E-state index in [0.717, 1.165) is 11.9 Å². The molecule has 0 saturated carbocycles. The normalized spacial score (nSPS) is 14.6. The topological polar surface area (TPSA) is 34.1 Å². The van der Waals surface area contributed by atoms with Gasteiger partial charge in [-0.25, -0.2) is 0 Å². The van der Waals surface area contributed by atoms with E-state index in [-0.39, 0.29) is 9.84 Å². The number of aldehydes is 1. The van der Waals surface area contributed by atoms with Crippen LogP contribution in [-0.4, -0.2) is 10.1 Å². The van der Waals surface area contributed by atoms with E-state index in [1.807, 2.05) is 44.2 Å². The molecule has 0 spiro atoms. The average molecular weight is 423 g/mol. The first-order valence-corrected chi connectivity index (χ1v) is 10.1. The minimum atomic E-state index is -0.728. The zero-order valence-electron chi connectivity index (χ0n) is 13.7. The van der Waals surface area contributed by atoms with E-state index >= 15 is 0 Å². The van der Waals surface area contributed by atoms with E-state index in [2.05, 4.69) is 24.8 Å². The summed E-state index contributed by atoms with van der Waals surface area (Å²) in [6.07, 6.45) is 9.80. The summed E-state index contributed by atoms with van der Waals surface area (Å²) in [5.74, 6) is -0.0465. The minimum absolute atomic E-state index is 0.0465. The van der Waals surface area contributed by atoms with Gasteiger partial charge in [0, 0.05) is 0 Å². The second-order valence-corrected chi connectivity index (χ2v) is 8.17. The van der Waals surface area contributed by atoms with Crippen LogP contribution >= 0.6 is 0 Å². The number of carbonyl (C=O) groups is 2. The van der Waals surface area contributed by atoms with Crippen molar-refractivity contribution in [3.05, 3.63) is 72.4 Å². The molecule has 23 heavy (non-hydrogen) atoms. The van der Waals surface area contributed by atoms with Crippen molar-refractivity contribution in [2.24, 2.45) is 5.92 Å². The fourth-order valence-corrected chi connectivity index (χ4v) is 5.23. The molecule has 0 aromatic heterocycles. The Bertz CT molecular complexity index is 573. The van der Waals surface area contributed by atoms with Gasteiger partial charge in [0.2, 0.25) is 0 Å². The SMILES string of the molecule is C=C/C=C(\C=C/C)C([I-]C(=O)C(C)CCC=O)c1ccccc1. The molecule has 124 valence electrons. The van der Waals surface area contributed by atoms with Crippen LogP contribution in [0.15, 0.2) is 66.8 Å². The van der Waals surface area contributed by atoms with Gasteiger partial charge in [0.25, 0.3) is 0 Å². The number of hydrogen-bond acceptors (Lipinski definition) is 2. The van der Waals surface area contributed by atoms with Crippen LogP contribution in [0.2, 0.25) is 0 Å². The van der Waals surface area contributed by atoms with Gasteiger partial charge in [0.1, 0.15) is 0 Å². The molecule has 0 aliphatic carbocycles. The van der Waals surface area contributed by atoms with Crippen LogP contribution in [0.4, 0.5) is 0 Å². The third-order valence-corrected chi connectivity index (χ3v) is 7.11. The molecule has 0 N–H and O–H groups in total. The van der Waals surface area contributed by atoms with Crippen molar-refractivity contribution < 1.29 is 30.8 Å². The first-order valence-electron chi connectivity index (χ1n) is 7.75. The second kappa shape index (κ2) is 11.1. The van der Waals surface area contributed by atoms with Crippen molar-refractivity contribution in [1.82, 2.24) is 0 Å². The van der Waals surface area contributed by atoms with Gasteiger partial charge in [-0.05, 0) is 0 Å². The predicted octanol–water partition coefficient (Wildman–Crippen LogP) is 1.65. The number of carbonyl (C=O) groups excluding carboxylic acids is 2. The standard InChI is InChI=1S/C20H24IO2/c1-4-10-17(11-5-2)19(18-13-7-6-8-14-18)21-20(23)16(3)12-9-15-22/h4-8,10-11,13-16,19H,1,9,12H2,2-3H3/q-1/b11-5-,17-10+. The molecule has 2 unspecified atom stereocenters. The first kappa shape index (κ1) is 19.6. The van der Waals surface area contributed by atoms with Crippen LogP contribution in [0.1, 0.15) is 36.2 Å². The van der Waals surface area contributed by atoms with Crippen LogP contribution in [0, 0.1) is 5.92 Å². The summed E-state index contributed by atoms with van der Waals surface area (Å²) in [5.41, 5.74) is 2.29. The fraction of sp³-hybridized carbons (Fsp3) is 0.300. The Hall–Kier alpha value is -1.49. The molecule has 0 saturated heterocycles. The van der Waals surface area contributed by atoms with Gasteiger partial charge in [-0.15, -0.1) is 0 Å². The number of hydrogen-bond donors (Lipinski definition) is 0. The Kier molecular flexibility index (Phi) is 9.45. The van der Waals surface area contributed by atoms with Crippen molar-refractivity contribution in [3.8, 4) is 0 Å². The molecule has 0 aliphatic heterocycles. The molecule has 3 heteroatoms. The van der Waals surface area contributed by atoms with Gasteiger partial charge < -0.3 is 0 Å². The molecule has 0 heterocycles. The molecule has 0 bridgehead atoms. The van der Waals surface area contributed by atoms with Gasteiger partial charge in [0.05, 0.1) is 0 Å². The number of alkyl halides is 1. The van der Waals surface area contributed by atoms with E-state index < -0.39 is 21.2 Å². The maximum absolute atomic E-state index is 12.6. The molecule has 0 radical (unpaired) electrons. The third-order valence-electron chi connectivity index (χ3n) is 3.38. The molecule has 0 fully saturated rings. The van der Waals surface area contributed by atoms with Crippen molar-refractivity contribution in [2.75, 3.05) is 0 Å². The quantitative estimate of drug-likeness (QED) is 0.189. The van der Waals surface area contributed by atoms with E-state index in [0.29, 0.717) is 16.6 Å². The summed E-state index contributed by atoms with van der Waals surface area (Å²) in [4.78, 5) is 23.1. The summed E-state index contributed by atoms with van der Waals surface area (Å²) in [6, 6.07) is 10.2. The monoisotopic (exact) mass is 423 g/mol. The van der Waals surface area contributed by atoms with Gasteiger partial charge in [-0.1, -0.05) is 0 Å². The van der Waals surface area contributed by atoms with E-state index in [1.165, 1.54) is 5.56 Å². The second-order valence-electron chi connectivity index (χ2n) is 5.23. The Morgan fingerprint density at radius 3 is 2.57 bits per heavy atom. The van der Waals surface area contributed by atoms with Crippen molar-refractivity contribution in [2.45, 2.75) is 30.6 Å². The Morgan fingerprint density at radius 1 is 1.30 bits per heavy atom. The van der Waals surface area contributed by atoms with Crippen LogP contribution in [0.25, 0.3) is 0 Å². The molecule has 0 amide bonds.